The molecule has 0 radical (unpaired) electrons. The lowest BCUT2D eigenvalue weighted by Crippen LogP contribution is -2.03. The number of halogens is 2. The minimum Gasteiger partial charge on any atom is -0.490 e. The van der Waals surface area contributed by atoms with Gasteiger partial charge < -0.3 is 14.8 Å². The van der Waals surface area contributed by atoms with Crippen LogP contribution in [0.2, 0.25) is 10.0 Å². The van der Waals surface area contributed by atoms with Gasteiger partial charge >= 0.3 is 0 Å². The SMILES string of the molecule is CCOc1cc2c(cc1OCC)-c1[nH]nc(NCc3c(Cl)cccc3Cl)c1C2. The Bertz CT molecular complexity index is 997. The molecule has 0 saturated carbocycles. The Labute approximate surface area is 174 Å². The normalized spacial score (nSPS) is 11.9. The Morgan fingerprint density at radius 1 is 1.07 bits per heavy atom. The van der Waals surface area contributed by atoms with Crippen LogP contribution in [0.1, 0.15) is 30.5 Å². The van der Waals surface area contributed by atoms with Crippen molar-refractivity contribution in [1.82, 2.24) is 10.2 Å². The molecular formula is C21H21Cl2N3O2. The zero-order valence-corrected chi connectivity index (χ0v) is 17.2. The molecule has 0 atom stereocenters. The third-order valence-corrected chi connectivity index (χ3v) is 5.48. The second-order valence-electron chi connectivity index (χ2n) is 6.48. The summed E-state index contributed by atoms with van der Waals surface area (Å²) in [5, 5.41) is 12.2. The Balaban J connectivity index is 1.61. The van der Waals surface area contributed by atoms with Crippen molar-refractivity contribution in [2.24, 2.45) is 0 Å². The van der Waals surface area contributed by atoms with E-state index in [9.17, 15) is 0 Å². The first-order valence-electron chi connectivity index (χ1n) is 9.29. The van der Waals surface area contributed by atoms with Crippen LogP contribution in [0.3, 0.4) is 0 Å². The van der Waals surface area contributed by atoms with E-state index in [0.29, 0.717) is 29.8 Å². The van der Waals surface area contributed by atoms with Crippen LogP contribution < -0.4 is 14.8 Å². The van der Waals surface area contributed by atoms with Gasteiger partial charge in [0.2, 0.25) is 0 Å². The molecule has 0 amide bonds. The summed E-state index contributed by atoms with van der Waals surface area (Å²) < 4.78 is 11.5. The first-order chi connectivity index (χ1) is 13.6. The third kappa shape index (κ3) is 3.40. The van der Waals surface area contributed by atoms with Gasteiger partial charge in [-0.05, 0) is 43.7 Å². The van der Waals surface area contributed by atoms with E-state index in [4.69, 9.17) is 32.7 Å². The summed E-state index contributed by atoms with van der Waals surface area (Å²) in [4.78, 5) is 0. The second-order valence-corrected chi connectivity index (χ2v) is 7.29. The van der Waals surface area contributed by atoms with E-state index >= 15 is 0 Å². The van der Waals surface area contributed by atoms with Gasteiger partial charge in [0.15, 0.2) is 17.3 Å². The van der Waals surface area contributed by atoms with Gasteiger partial charge in [-0.3, -0.25) is 5.10 Å². The number of fused-ring (bicyclic) bond motifs is 3. The summed E-state index contributed by atoms with van der Waals surface area (Å²) in [6.07, 6.45) is 0.770. The molecule has 0 spiro atoms. The lowest BCUT2D eigenvalue weighted by Gasteiger charge is -2.13. The number of ether oxygens (including phenoxy) is 2. The molecule has 0 saturated heterocycles. The summed E-state index contributed by atoms with van der Waals surface area (Å²) in [5.41, 5.74) is 5.27. The maximum Gasteiger partial charge on any atom is 0.161 e. The van der Waals surface area contributed by atoms with Crippen LogP contribution in [-0.4, -0.2) is 23.4 Å². The van der Waals surface area contributed by atoms with Crippen LogP contribution in [-0.2, 0) is 13.0 Å². The number of H-pyrrole nitrogens is 1. The number of benzene rings is 2. The molecule has 0 unspecified atom stereocenters. The van der Waals surface area contributed by atoms with Crippen molar-refractivity contribution in [3.05, 3.63) is 57.1 Å². The van der Waals surface area contributed by atoms with E-state index in [1.807, 2.05) is 38.1 Å². The molecule has 1 aliphatic rings. The summed E-state index contributed by atoms with van der Waals surface area (Å²) in [6.45, 7) is 5.61. The minimum atomic E-state index is 0.501. The number of rotatable bonds is 7. The highest BCUT2D eigenvalue weighted by Gasteiger charge is 2.27. The molecule has 0 fully saturated rings. The fraction of sp³-hybridized carbons (Fsp3) is 0.286. The van der Waals surface area contributed by atoms with Crippen molar-refractivity contribution >= 4 is 29.0 Å². The standard InChI is InChI=1S/C21H21Cl2N3O2/c1-3-27-18-9-12-8-14-20(13(12)10-19(18)28-4-2)25-26-21(14)24-11-15-16(22)6-5-7-17(15)23/h5-7,9-10H,3-4,8,11H2,1-2H3,(H2,24,25,26). The van der Waals surface area contributed by atoms with Crippen LogP contribution in [0.4, 0.5) is 5.82 Å². The van der Waals surface area contributed by atoms with Crippen molar-refractivity contribution in [3.8, 4) is 22.8 Å². The molecule has 2 N–H and O–H groups in total. The van der Waals surface area contributed by atoms with Crippen molar-refractivity contribution in [2.45, 2.75) is 26.8 Å². The predicted molar refractivity (Wildman–Crippen MR) is 113 cm³/mol. The van der Waals surface area contributed by atoms with Gasteiger partial charge in [0.25, 0.3) is 0 Å². The fourth-order valence-electron chi connectivity index (χ4n) is 3.49. The Kier molecular flexibility index (Phi) is 5.38. The largest absolute Gasteiger partial charge is 0.490 e. The minimum absolute atomic E-state index is 0.501. The Hall–Kier alpha value is -2.37. The van der Waals surface area contributed by atoms with Gasteiger partial charge in [-0.15, -0.1) is 0 Å². The summed E-state index contributed by atoms with van der Waals surface area (Å²) in [7, 11) is 0. The highest BCUT2D eigenvalue weighted by Crippen LogP contribution is 2.44. The van der Waals surface area contributed by atoms with Crippen LogP contribution in [0, 0.1) is 0 Å². The molecule has 0 aliphatic heterocycles. The van der Waals surface area contributed by atoms with E-state index in [1.165, 1.54) is 5.56 Å². The van der Waals surface area contributed by atoms with Crippen LogP contribution >= 0.6 is 23.2 Å². The maximum absolute atomic E-state index is 6.27. The van der Waals surface area contributed by atoms with Crippen LogP contribution in [0.5, 0.6) is 11.5 Å². The van der Waals surface area contributed by atoms with Crippen molar-refractivity contribution in [1.29, 1.82) is 0 Å². The number of anilines is 1. The van der Waals surface area contributed by atoms with E-state index in [1.54, 1.807) is 0 Å². The molecule has 146 valence electrons. The average molecular weight is 418 g/mol. The number of nitrogens with one attached hydrogen (secondary N) is 2. The van der Waals surface area contributed by atoms with Crippen molar-refractivity contribution in [2.75, 3.05) is 18.5 Å². The smallest absolute Gasteiger partial charge is 0.161 e. The van der Waals surface area contributed by atoms with E-state index < -0.39 is 0 Å². The monoisotopic (exact) mass is 417 g/mol. The zero-order chi connectivity index (χ0) is 19.7. The highest BCUT2D eigenvalue weighted by atomic mass is 35.5. The lowest BCUT2D eigenvalue weighted by molar-refractivity contribution is 0.287. The Morgan fingerprint density at radius 2 is 1.75 bits per heavy atom. The van der Waals surface area contributed by atoms with Gasteiger partial charge in [-0.1, -0.05) is 29.3 Å². The van der Waals surface area contributed by atoms with Crippen LogP contribution in [0.25, 0.3) is 11.3 Å². The number of aromatic nitrogens is 2. The molecule has 1 aromatic heterocycles. The summed E-state index contributed by atoms with van der Waals surface area (Å²) in [5.74, 6) is 2.33. The molecular weight excluding hydrogens is 397 g/mol. The highest BCUT2D eigenvalue weighted by molar-refractivity contribution is 6.36. The van der Waals surface area contributed by atoms with Gasteiger partial charge in [0, 0.05) is 39.7 Å². The van der Waals surface area contributed by atoms with E-state index in [-0.39, 0.29) is 0 Å². The van der Waals surface area contributed by atoms with E-state index in [0.717, 1.165) is 46.1 Å². The van der Waals surface area contributed by atoms with Crippen molar-refractivity contribution < 1.29 is 9.47 Å². The number of hydrogen-bond donors (Lipinski definition) is 2. The molecule has 1 aliphatic carbocycles. The van der Waals surface area contributed by atoms with Crippen LogP contribution in [0.15, 0.2) is 30.3 Å². The quantitative estimate of drug-likeness (QED) is 0.404. The maximum atomic E-state index is 6.27. The molecule has 1 heterocycles. The molecule has 5 nitrogen and oxygen atoms in total. The first-order valence-corrected chi connectivity index (χ1v) is 10.0. The van der Waals surface area contributed by atoms with Crippen molar-refractivity contribution in [3.63, 3.8) is 0 Å². The topological polar surface area (TPSA) is 59.2 Å². The summed E-state index contributed by atoms with van der Waals surface area (Å²) in [6, 6.07) is 9.59. The molecule has 7 heteroatoms. The second kappa shape index (κ2) is 7.94. The molecule has 2 aromatic carbocycles. The average Bonchev–Trinajstić information content (AvgIpc) is 3.21. The lowest BCUT2D eigenvalue weighted by atomic mass is 10.1. The fourth-order valence-corrected chi connectivity index (χ4v) is 4.02. The van der Waals surface area contributed by atoms with Gasteiger partial charge in [0.05, 0.1) is 18.9 Å². The van der Waals surface area contributed by atoms with E-state index in [2.05, 4.69) is 21.6 Å². The first kappa shape index (κ1) is 19.0. The Morgan fingerprint density at radius 3 is 2.43 bits per heavy atom. The third-order valence-electron chi connectivity index (χ3n) is 4.77. The molecule has 3 aromatic rings. The predicted octanol–water partition coefficient (Wildman–Crippen LogP) is 5.70. The van der Waals surface area contributed by atoms with Gasteiger partial charge in [-0.2, -0.15) is 5.10 Å². The number of hydrogen-bond acceptors (Lipinski definition) is 4. The molecule has 28 heavy (non-hydrogen) atoms. The molecule has 4 rings (SSSR count). The van der Waals surface area contributed by atoms with Gasteiger partial charge in [-0.25, -0.2) is 0 Å². The zero-order valence-electron chi connectivity index (χ0n) is 15.7. The number of nitrogens with zero attached hydrogens (tertiary/aromatic N) is 1. The number of aromatic amines is 1. The summed E-state index contributed by atoms with van der Waals surface area (Å²) >= 11 is 12.5. The van der Waals surface area contributed by atoms with Gasteiger partial charge in [0.1, 0.15) is 0 Å². The molecule has 0 bridgehead atoms.